The summed E-state index contributed by atoms with van der Waals surface area (Å²) in [6, 6.07) is 18.3. The lowest BCUT2D eigenvalue weighted by Crippen LogP contribution is -2.45. The van der Waals surface area contributed by atoms with Crippen molar-refractivity contribution in [3.8, 4) is 35.2 Å². The Labute approximate surface area is 266 Å². The third-order valence-corrected chi connectivity index (χ3v) is 17.3. The minimum Gasteiger partial charge on any atom is -0.541 e. The van der Waals surface area contributed by atoms with Gasteiger partial charge < -0.3 is 13.8 Å². The van der Waals surface area contributed by atoms with Crippen LogP contribution >= 0.6 is 0 Å². The van der Waals surface area contributed by atoms with E-state index in [1.807, 2.05) is 50.5 Å². The Balaban J connectivity index is 2.24. The summed E-state index contributed by atoms with van der Waals surface area (Å²) in [4.78, 5) is 12.8. The fourth-order valence-corrected chi connectivity index (χ4v) is 5.60. The molecular weight excluding hydrogens is 581 g/mol. The van der Waals surface area contributed by atoms with E-state index < -0.39 is 21.6 Å². The zero-order valence-corrected chi connectivity index (χ0v) is 30.3. The lowest BCUT2D eigenvalue weighted by molar-refractivity contribution is -0.384. The Morgan fingerprint density at radius 3 is 1.34 bits per heavy atom. The van der Waals surface area contributed by atoms with Crippen LogP contribution in [0.25, 0.3) is 0 Å². The summed E-state index contributed by atoms with van der Waals surface area (Å²) in [7, 11) is -0.466. The molecule has 0 aromatic heterocycles. The van der Waals surface area contributed by atoms with Gasteiger partial charge in [0.05, 0.1) is 4.92 Å². The van der Waals surface area contributed by atoms with Crippen molar-refractivity contribution in [1.29, 1.82) is 0 Å². The minimum atomic E-state index is -2.25. The Kier molecular flexibility index (Phi) is 10.1. The monoisotopic (exact) mass is 626 g/mol. The molecule has 0 spiro atoms. The van der Waals surface area contributed by atoms with Gasteiger partial charge in [-0.3, -0.25) is 10.1 Å². The molecule has 0 saturated heterocycles. The summed E-state index contributed by atoms with van der Waals surface area (Å²) < 4.78 is 13.8. The van der Waals surface area contributed by atoms with Crippen molar-refractivity contribution < 1.29 is 13.8 Å². The van der Waals surface area contributed by atoms with Gasteiger partial charge in [0.2, 0.25) is 0 Å². The molecule has 0 unspecified atom stereocenters. The number of benzene rings is 3. The molecule has 0 bridgehead atoms. The normalized spacial score (nSPS) is 11.9. The Morgan fingerprint density at radius 2 is 1.02 bits per heavy atom. The van der Waals surface area contributed by atoms with Gasteiger partial charge in [-0.2, -0.15) is 0 Å². The fraction of sp³-hybridized carbons (Fsp3) is 0.389. The molecule has 0 atom stereocenters. The maximum atomic E-state index is 11.1. The van der Waals surface area contributed by atoms with Gasteiger partial charge >= 0.3 is 0 Å². The van der Waals surface area contributed by atoms with Gasteiger partial charge in [-0.25, -0.2) is 0 Å². The zero-order valence-electron chi connectivity index (χ0n) is 28.3. The molecule has 0 amide bonds. The van der Waals surface area contributed by atoms with E-state index in [2.05, 4.69) is 96.3 Å². The molecule has 0 N–H and O–H groups in total. The van der Waals surface area contributed by atoms with Crippen molar-refractivity contribution in [1.82, 2.24) is 0 Å². The molecule has 0 heterocycles. The number of non-ortho nitro benzene ring substituents is 1. The molecule has 8 heteroatoms. The summed E-state index contributed by atoms with van der Waals surface area (Å²) in [5, 5.41) is 11.1. The Bertz CT molecular complexity index is 1620. The smallest absolute Gasteiger partial charge is 0.269 e. The molecular formula is C36H46N2O4Si2. The molecule has 0 aliphatic carbocycles. The van der Waals surface area contributed by atoms with Crippen molar-refractivity contribution in [2.24, 2.45) is 0 Å². The molecule has 3 rings (SSSR count). The first kappa shape index (κ1) is 34.5. The maximum absolute atomic E-state index is 11.1. The first-order valence-electron chi connectivity index (χ1n) is 14.8. The van der Waals surface area contributed by atoms with Crippen LogP contribution < -0.4 is 13.8 Å². The number of nitro benzene ring substituents is 1. The molecule has 0 saturated carbocycles. The molecule has 3 aromatic rings. The number of rotatable bonds is 6. The molecule has 0 radical (unpaired) electrons. The lowest BCUT2D eigenvalue weighted by Gasteiger charge is -2.39. The average molecular weight is 627 g/mol. The molecule has 3 aromatic carbocycles. The number of nitrogens with zero attached hydrogens (tertiary/aromatic N) is 2. The Hall–Kier alpha value is -3.99. The minimum absolute atomic E-state index is 0.0182. The van der Waals surface area contributed by atoms with Crippen LogP contribution in [0.15, 0.2) is 60.7 Å². The third kappa shape index (κ3) is 8.56. The zero-order chi connectivity index (χ0) is 33.1. The first-order chi connectivity index (χ1) is 20.2. The van der Waals surface area contributed by atoms with Crippen LogP contribution in [0, 0.1) is 33.8 Å². The van der Waals surface area contributed by atoms with Gasteiger partial charge in [-0.1, -0.05) is 65.2 Å². The standard InChI is InChI=1S/C36H46N2O4Si2/c1-35(2,3)43(9,10)41-33-25-29(19-13-27-15-21-31(22-16-27)37(7)8)30(26-34(33)42-44(11,12)36(4,5)6)20-14-28-17-23-32(24-18-28)38(39)40/h15-18,21-26H,1-12H3. The third-order valence-electron chi connectivity index (χ3n) is 8.57. The van der Waals surface area contributed by atoms with Crippen LogP contribution in [0.4, 0.5) is 11.4 Å². The van der Waals surface area contributed by atoms with Crippen LogP contribution in [-0.2, 0) is 0 Å². The highest BCUT2D eigenvalue weighted by Gasteiger charge is 2.42. The van der Waals surface area contributed by atoms with Crippen LogP contribution in [0.1, 0.15) is 63.8 Å². The maximum Gasteiger partial charge on any atom is 0.269 e. The highest BCUT2D eigenvalue weighted by molar-refractivity contribution is 6.75. The summed E-state index contributed by atoms with van der Waals surface area (Å²) in [6.07, 6.45) is 0. The van der Waals surface area contributed by atoms with Gasteiger partial charge in [-0.15, -0.1) is 0 Å². The summed E-state index contributed by atoms with van der Waals surface area (Å²) >= 11 is 0. The quantitative estimate of drug-likeness (QED) is 0.118. The van der Waals surface area contributed by atoms with Gasteiger partial charge in [-0.05, 0) is 84.8 Å². The van der Waals surface area contributed by atoms with Crippen molar-refractivity contribution in [3.05, 3.63) is 93.0 Å². The van der Waals surface area contributed by atoms with E-state index >= 15 is 0 Å². The molecule has 44 heavy (non-hydrogen) atoms. The van der Waals surface area contributed by atoms with E-state index in [0.29, 0.717) is 22.6 Å². The summed E-state index contributed by atoms with van der Waals surface area (Å²) in [5.41, 5.74) is 4.12. The predicted octanol–water partition coefficient (Wildman–Crippen LogP) is 9.23. The largest absolute Gasteiger partial charge is 0.541 e. The van der Waals surface area contributed by atoms with Crippen molar-refractivity contribution in [3.63, 3.8) is 0 Å². The second kappa shape index (κ2) is 12.9. The molecule has 0 fully saturated rings. The molecule has 0 aliphatic heterocycles. The van der Waals surface area contributed by atoms with Crippen LogP contribution in [0.3, 0.4) is 0 Å². The van der Waals surface area contributed by atoms with Crippen LogP contribution in [0.5, 0.6) is 11.5 Å². The van der Waals surface area contributed by atoms with E-state index in [1.165, 1.54) is 12.1 Å². The van der Waals surface area contributed by atoms with E-state index in [1.54, 1.807) is 12.1 Å². The van der Waals surface area contributed by atoms with Gasteiger partial charge in [0, 0.05) is 54.2 Å². The number of hydrogen-bond donors (Lipinski definition) is 0. The number of anilines is 1. The van der Waals surface area contributed by atoms with Crippen molar-refractivity contribution in [2.45, 2.75) is 77.8 Å². The molecule has 0 aliphatic rings. The van der Waals surface area contributed by atoms with E-state index in [4.69, 9.17) is 8.85 Å². The fourth-order valence-electron chi connectivity index (χ4n) is 3.57. The predicted molar refractivity (Wildman–Crippen MR) is 188 cm³/mol. The van der Waals surface area contributed by atoms with Crippen molar-refractivity contribution in [2.75, 3.05) is 19.0 Å². The average Bonchev–Trinajstić information content (AvgIpc) is 2.91. The van der Waals surface area contributed by atoms with E-state index in [9.17, 15) is 10.1 Å². The Morgan fingerprint density at radius 1 is 0.659 bits per heavy atom. The van der Waals surface area contributed by atoms with Crippen LogP contribution in [0.2, 0.25) is 36.3 Å². The topological polar surface area (TPSA) is 64.8 Å². The number of nitro groups is 1. The highest BCUT2D eigenvalue weighted by Crippen LogP contribution is 2.44. The summed E-state index contributed by atoms with van der Waals surface area (Å²) in [5.74, 6) is 14.5. The first-order valence-corrected chi connectivity index (χ1v) is 20.6. The second-order valence-corrected chi connectivity index (χ2v) is 23.8. The molecule has 6 nitrogen and oxygen atoms in total. The van der Waals surface area contributed by atoms with Crippen LogP contribution in [-0.4, -0.2) is 35.7 Å². The number of hydrogen-bond acceptors (Lipinski definition) is 5. The lowest BCUT2D eigenvalue weighted by atomic mass is 10.1. The highest BCUT2D eigenvalue weighted by atomic mass is 28.4. The van der Waals surface area contributed by atoms with Gasteiger partial charge in [0.15, 0.2) is 0 Å². The van der Waals surface area contributed by atoms with Crippen molar-refractivity contribution >= 4 is 28.0 Å². The SMILES string of the molecule is CN(C)c1ccc(C#Cc2cc(O[Si](C)(C)C(C)(C)C)c(O[Si](C)(C)C(C)(C)C)cc2C#Cc2ccc([N+](=O)[O-])cc2)cc1. The van der Waals surface area contributed by atoms with E-state index in [0.717, 1.165) is 16.8 Å². The van der Waals surface area contributed by atoms with Gasteiger partial charge in [0.25, 0.3) is 22.3 Å². The van der Waals surface area contributed by atoms with E-state index in [-0.39, 0.29) is 15.8 Å². The molecule has 232 valence electrons. The second-order valence-electron chi connectivity index (χ2n) is 14.3. The summed E-state index contributed by atoms with van der Waals surface area (Å²) in [6.45, 7) is 22.2. The van der Waals surface area contributed by atoms with Gasteiger partial charge in [0.1, 0.15) is 11.5 Å².